The molecule has 2 rings (SSSR count). The predicted molar refractivity (Wildman–Crippen MR) is 76.0 cm³/mol. The molecule has 20 heavy (non-hydrogen) atoms. The number of benzene rings is 1. The van der Waals surface area contributed by atoms with Crippen molar-refractivity contribution in [2.75, 3.05) is 0 Å². The van der Waals surface area contributed by atoms with Crippen LogP contribution in [0.5, 0.6) is 5.75 Å². The van der Waals surface area contributed by atoms with Crippen LogP contribution in [0.1, 0.15) is 16.0 Å². The van der Waals surface area contributed by atoms with Crippen LogP contribution in [0.4, 0.5) is 13.2 Å². The molecule has 1 aromatic heterocycles. The second-order valence-electron chi connectivity index (χ2n) is 3.94. The predicted octanol–water partition coefficient (Wildman–Crippen LogP) is 3.98. The molecule has 1 heterocycles. The number of hydrogen-bond donors (Lipinski definition) is 1. The number of ether oxygens (including phenoxy) is 1. The number of thiocarbonyl (C=S) groups is 1. The molecule has 2 aromatic rings. The molecule has 106 valence electrons. The van der Waals surface area contributed by atoms with Crippen molar-refractivity contribution in [3.8, 4) is 5.75 Å². The fraction of sp³-hybridized carbons (Fsp3) is 0.154. The molecule has 1 aromatic carbocycles. The fourth-order valence-corrected chi connectivity index (χ4v) is 2.32. The van der Waals surface area contributed by atoms with Crippen LogP contribution in [-0.4, -0.2) is 4.99 Å². The minimum Gasteiger partial charge on any atom is -0.487 e. The van der Waals surface area contributed by atoms with Gasteiger partial charge in [-0.15, -0.1) is 11.3 Å². The van der Waals surface area contributed by atoms with Crippen molar-refractivity contribution in [2.24, 2.45) is 5.73 Å². The molecule has 2 N–H and O–H groups in total. The summed E-state index contributed by atoms with van der Waals surface area (Å²) in [5, 5.41) is 1.83. The van der Waals surface area contributed by atoms with Crippen molar-refractivity contribution in [2.45, 2.75) is 12.8 Å². The second-order valence-corrected chi connectivity index (χ2v) is 5.41. The minimum atomic E-state index is -4.52. The molecular formula is C13H10F3NOS2. The maximum atomic E-state index is 13.0. The minimum absolute atomic E-state index is 0.0830. The number of thiophene rings is 1. The molecule has 0 aliphatic heterocycles. The van der Waals surface area contributed by atoms with Crippen molar-refractivity contribution >= 4 is 28.5 Å². The first-order valence-corrected chi connectivity index (χ1v) is 6.83. The summed E-state index contributed by atoms with van der Waals surface area (Å²) < 4.78 is 44.2. The SMILES string of the molecule is NC(=S)c1ccc(OCc2cccs2)c(C(F)(F)F)c1. The van der Waals surface area contributed by atoms with Gasteiger partial charge in [0.2, 0.25) is 0 Å². The Morgan fingerprint density at radius 1 is 1.30 bits per heavy atom. The first kappa shape index (κ1) is 14.8. The van der Waals surface area contributed by atoms with Crippen LogP contribution in [0.2, 0.25) is 0 Å². The average molecular weight is 317 g/mol. The van der Waals surface area contributed by atoms with Crippen molar-refractivity contribution < 1.29 is 17.9 Å². The van der Waals surface area contributed by atoms with E-state index in [9.17, 15) is 13.2 Å². The van der Waals surface area contributed by atoms with Gasteiger partial charge in [-0.1, -0.05) is 18.3 Å². The van der Waals surface area contributed by atoms with E-state index in [1.165, 1.54) is 23.5 Å². The molecule has 0 atom stereocenters. The van der Waals surface area contributed by atoms with E-state index in [4.69, 9.17) is 10.5 Å². The first-order valence-electron chi connectivity index (χ1n) is 5.54. The van der Waals surface area contributed by atoms with E-state index in [1.54, 1.807) is 6.07 Å². The summed E-state index contributed by atoms with van der Waals surface area (Å²) in [6.07, 6.45) is -4.52. The molecule has 0 fully saturated rings. The summed E-state index contributed by atoms with van der Waals surface area (Å²) in [5.74, 6) is -0.231. The van der Waals surface area contributed by atoms with Gasteiger partial charge in [-0.2, -0.15) is 13.2 Å². The Kier molecular flexibility index (Phi) is 4.29. The maximum Gasteiger partial charge on any atom is 0.419 e. The molecule has 0 radical (unpaired) electrons. The summed E-state index contributed by atoms with van der Waals surface area (Å²) in [4.78, 5) is 0.761. The average Bonchev–Trinajstić information content (AvgIpc) is 2.88. The van der Waals surface area contributed by atoms with E-state index in [1.807, 2.05) is 11.4 Å². The molecular weight excluding hydrogens is 307 g/mol. The van der Waals surface area contributed by atoms with Crippen LogP contribution in [0, 0.1) is 0 Å². The summed E-state index contributed by atoms with van der Waals surface area (Å²) in [5.41, 5.74) is 4.64. The maximum absolute atomic E-state index is 13.0. The van der Waals surface area contributed by atoms with Crippen molar-refractivity contribution in [3.05, 3.63) is 51.7 Å². The zero-order valence-electron chi connectivity index (χ0n) is 10.1. The third kappa shape index (κ3) is 3.49. The molecule has 0 amide bonds. The quantitative estimate of drug-likeness (QED) is 0.866. The van der Waals surface area contributed by atoms with Crippen LogP contribution in [-0.2, 0) is 12.8 Å². The molecule has 0 aliphatic rings. The third-order valence-corrected chi connectivity index (χ3v) is 3.61. The van der Waals surface area contributed by atoms with Crippen LogP contribution in [0.15, 0.2) is 35.7 Å². The van der Waals surface area contributed by atoms with E-state index in [0.29, 0.717) is 0 Å². The molecule has 0 bridgehead atoms. The van der Waals surface area contributed by atoms with Gasteiger partial charge in [-0.3, -0.25) is 0 Å². The van der Waals surface area contributed by atoms with Gasteiger partial charge in [-0.05, 0) is 29.6 Å². The van der Waals surface area contributed by atoms with E-state index in [2.05, 4.69) is 12.2 Å². The number of rotatable bonds is 4. The van der Waals surface area contributed by atoms with Gasteiger partial charge < -0.3 is 10.5 Å². The lowest BCUT2D eigenvalue weighted by atomic mass is 10.1. The third-order valence-electron chi connectivity index (χ3n) is 2.52. The zero-order valence-corrected chi connectivity index (χ0v) is 11.7. The Bertz CT molecular complexity index is 609. The van der Waals surface area contributed by atoms with Crippen molar-refractivity contribution in [3.63, 3.8) is 0 Å². The summed E-state index contributed by atoms with van der Waals surface area (Å²) >= 11 is 6.11. The molecule has 7 heteroatoms. The Morgan fingerprint density at radius 2 is 2.05 bits per heavy atom. The van der Waals surface area contributed by atoms with Gasteiger partial charge in [0, 0.05) is 10.4 Å². The van der Waals surface area contributed by atoms with Crippen molar-refractivity contribution in [1.82, 2.24) is 0 Å². The van der Waals surface area contributed by atoms with Gasteiger partial charge in [0.15, 0.2) is 0 Å². The highest BCUT2D eigenvalue weighted by molar-refractivity contribution is 7.80. The number of hydrogen-bond acceptors (Lipinski definition) is 3. The standard InChI is InChI=1S/C13H10F3NOS2/c14-13(15,16)10-6-8(12(17)19)3-4-11(10)18-7-9-2-1-5-20-9/h1-6H,7H2,(H2,17,19). The molecule has 2 nitrogen and oxygen atoms in total. The number of halogens is 3. The summed E-state index contributed by atoms with van der Waals surface area (Å²) in [6, 6.07) is 7.17. The summed E-state index contributed by atoms with van der Waals surface area (Å²) in [7, 11) is 0. The zero-order chi connectivity index (χ0) is 14.8. The van der Waals surface area contributed by atoms with Crippen molar-refractivity contribution in [1.29, 1.82) is 0 Å². The first-order chi connectivity index (χ1) is 9.38. The van der Waals surface area contributed by atoms with Gasteiger partial charge in [0.1, 0.15) is 17.3 Å². The Labute approximate surface area is 123 Å². The van der Waals surface area contributed by atoms with Crippen LogP contribution >= 0.6 is 23.6 Å². The Balaban J connectivity index is 2.29. The molecule has 0 saturated carbocycles. The Morgan fingerprint density at radius 3 is 2.60 bits per heavy atom. The molecule has 0 spiro atoms. The van der Waals surface area contributed by atoms with Gasteiger partial charge in [0.25, 0.3) is 0 Å². The molecule has 0 saturated heterocycles. The smallest absolute Gasteiger partial charge is 0.419 e. The normalized spacial score (nSPS) is 11.3. The lowest BCUT2D eigenvalue weighted by molar-refractivity contribution is -0.139. The van der Waals surface area contributed by atoms with E-state index in [-0.39, 0.29) is 22.9 Å². The summed E-state index contributed by atoms with van der Waals surface area (Å²) in [6.45, 7) is 0.0904. The van der Waals surface area contributed by atoms with Gasteiger partial charge in [-0.25, -0.2) is 0 Å². The van der Waals surface area contributed by atoms with Crippen LogP contribution < -0.4 is 10.5 Å². The second kappa shape index (κ2) is 5.80. The van der Waals surface area contributed by atoms with E-state index in [0.717, 1.165) is 10.9 Å². The fourth-order valence-electron chi connectivity index (χ4n) is 1.57. The van der Waals surface area contributed by atoms with Crippen LogP contribution in [0.3, 0.4) is 0 Å². The van der Waals surface area contributed by atoms with E-state index < -0.39 is 11.7 Å². The highest BCUT2D eigenvalue weighted by Crippen LogP contribution is 2.37. The lowest BCUT2D eigenvalue weighted by Gasteiger charge is -2.14. The molecule has 0 unspecified atom stereocenters. The topological polar surface area (TPSA) is 35.2 Å². The largest absolute Gasteiger partial charge is 0.487 e. The monoisotopic (exact) mass is 317 g/mol. The lowest BCUT2D eigenvalue weighted by Crippen LogP contribution is -2.14. The van der Waals surface area contributed by atoms with Gasteiger partial charge >= 0.3 is 6.18 Å². The number of alkyl halides is 3. The number of nitrogens with two attached hydrogens (primary N) is 1. The highest BCUT2D eigenvalue weighted by atomic mass is 32.1. The van der Waals surface area contributed by atoms with E-state index >= 15 is 0 Å². The van der Waals surface area contributed by atoms with Gasteiger partial charge in [0.05, 0.1) is 5.56 Å². The van der Waals surface area contributed by atoms with Crippen LogP contribution in [0.25, 0.3) is 0 Å². The molecule has 0 aliphatic carbocycles. The highest BCUT2D eigenvalue weighted by Gasteiger charge is 2.34. The Hall–Kier alpha value is -1.60.